The lowest BCUT2D eigenvalue weighted by molar-refractivity contribution is -0.137. The minimum Gasteiger partial charge on any atom is -0.344 e. The zero-order valence-corrected chi connectivity index (χ0v) is 15.3. The number of rotatable bonds is 4. The largest absolute Gasteiger partial charge is 0.416 e. The van der Waals surface area contributed by atoms with E-state index in [1.807, 2.05) is 6.07 Å². The number of thioether (sulfide) groups is 1. The summed E-state index contributed by atoms with van der Waals surface area (Å²) in [5, 5.41) is 2.66. The van der Waals surface area contributed by atoms with Crippen LogP contribution in [-0.2, 0) is 23.8 Å². The molecule has 0 saturated carbocycles. The summed E-state index contributed by atoms with van der Waals surface area (Å²) in [7, 11) is 0. The Kier molecular flexibility index (Phi) is 6.12. The van der Waals surface area contributed by atoms with Crippen LogP contribution < -0.4 is 5.32 Å². The first kappa shape index (κ1) is 19.4. The molecule has 2 aromatic carbocycles. The van der Waals surface area contributed by atoms with E-state index in [9.17, 15) is 18.0 Å². The van der Waals surface area contributed by atoms with Crippen molar-refractivity contribution < 1.29 is 18.0 Å². The van der Waals surface area contributed by atoms with Crippen molar-refractivity contribution in [3.63, 3.8) is 0 Å². The Bertz CT molecular complexity index is 896. The van der Waals surface area contributed by atoms with Crippen LogP contribution in [0, 0.1) is 11.8 Å². The number of benzene rings is 2. The van der Waals surface area contributed by atoms with Crippen molar-refractivity contribution in [2.75, 3.05) is 12.3 Å². The lowest BCUT2D eigenvalue weighted by Crippen LogP contribution is -2.25. The van der Waals surface area contributed by atoms with Crippen LogP contribution in [0.3, 0.4) is 0 Å². The molecule has 0 radical (unpaired) electrons. The Hall–Kier alpha value is -2.39. The van der Waals surface area contributed by atoms with Crippen LogP contribution in [0.4, 0.5) is 13.2 Å². The summed E-state index contributed by atoms with van der Waals surface area (Å²) in [6.45, 7) is 0.0971. The number of carbonyl (C=O) groups is 1. The van der Waals surface area contributed by atoms with Gasteiger partial charge in [-0.3, -0.25) is 4.79 Å². The molecule has 0 bridgehead atoms. The minimum absolute atomic E-state index is 0.0971. The van der Waals surface area contributed by atoms with Gasteiger partial charge in [0.15, 0.2) is 0 Å². The van der Waals surface area contributed by atoms with Crippen LogP contribution in [-0.4, -0.2) is 18.2 Å². The van der Waals surface area contributed by atoms with Gasteiger partial charge >= 0.3 is 6.18 Å². The standard InChI is InChI=1S/C21H18F3NOS/c22-21(23,24)18-8-1-4-15(12-18)5-3-11-25-20(26)14-27-19-10-9-16-6-2-7-17(16)13-19/h1,4,8-10,12-13H,2,6-7,11,14H2,(H,25,26). The molecule has 0 spiro atoms. The number of amides is 1. The maximum Gasteiger partial charge on any atom is 0.416 e. The van der Waals surface area contributed by atoms with Crippen LogP contribution >= 0.6 is 11.8 Å². The maximum atomic E-state index is 12.7. The normalized spacial score (nSPS) is 12.9. The van der Waals surface area contributed by atoms with Crippen LogP contribution in [0.25, 0.3) is 0 Å². The summed E-state index contributed by atoms with van der Waals surface area (Å²) < 4.78 is 38.0. The highest BCUT2D eigenvalue weighted by Crippen LogP contribution is 2.29. The van der Waals surface area contributed by atoms with Crippen LogP contribution in [0.5, 0.6) is 0 Å². The molecule has 140 valence electrons. The third-order valence-electron chi connectivity index (χ3n) is 4.24. The van der Waals surface area contributed by atoms with Gasteiger partial charge in [-0.1, -0.05) is 24.0 Å². The van der Waals surface area contributed by atoms with Crippen molar-refractivity contribution in [2.24, 2.45) is 0 Å². The first-order valence-corrected chi connectivity index (χ1v) is 9.58. The van der Waals surface area contributed by atoms with Crippen molar-refractivity contribution in [3.8, 4) is 11.8 Å². The number of fused-ring (bicyclic) bond motifs is 1. The Morgan fingerprint density at radius 1 is 1.11 bits per heavy atom. The fraction of sp³-hybridized carbons (Fsp3) is 0.286. The van der Waals surface area contributed by atoms with Gasteiger partial charge in [-0.2, -0.15) is 13.2 Å². The topological polar surface area (TPSA) is 29.1 Å². The molecule has 6 heteroatoms. The number of carbonyl (C=O) groups excluding carboxylic acids is 1. The molecule has 0 fully saturated rings. The van der Waals surface area contributed by atoms with Gasteiger partial charge in [0.1, 0.15) is 0 Å². The molecule has 2 nitrogen and oxygen atoms in total. The Balaban J connectivity index is 1.46. The average Bonchev–Trinajstić information content (AvgIpc) is 3.11. The van der Waals surface area contributed by atoms with Gasteiger partial charge in [-0.15, -0.1) is 11.8 Å². The molecule has 0 unspecified atom stereocenters. The molecule has 1 aliphatic carbocycles. The number of aryl methyl sites for hydroxylation is 2. The smallest absolute Gasteiger partial charge is 0.344 e. The summed E-state index contributed by atoms with van der Waals surface area (Å²) in [6, 6.07) is 11.1. The van der Waals surface area contributed by atoms with E-state index in [4.69, 9.17) is 0 Å². The summed E-state index contributed by atoms with van der Waals surface area (Å²) in [5.74, 6) is 5.46. The molecule has 27 heavy (non-hydrogen) atoms. The minimum atomic E-state index is -4.39. The number of hydrogen-bond donors (Lipinski definition) is 1. The fourth-order valence-electron chi connectivity index (χ4n) is 2.90. The molecule has 1 aliphatic rings. The summed E-state index contributed by atoms with van der Waals surface area (Å²) in [6.07, 6.45) is -0.971. The van der Waals surface area contributed by atoms with Crippen molar-refractivity contribution in [2.45, 2.75) is 30.3 Å². The van der Waals surface area contributed by atoms with Gasteiger partial charge in [-0.25, -0.2) is 0 Å². The molecule has 3 rings (SSSR count). The first-order valence-electron chi connectivity index (χ1n) is 8.59. The lowest BCUT2D eigenvalue weighted by atomic mass is 10.1. The Labute approximate surface area is 160 Å². The second-order valence-corrected chi connectivity index (χ2v) is 7.28. The average molecular weight is 389 g/mol. The second kappa shape index (κ2) is 8.53. The lowest BCUT2D eigenvalue weighted by Gasteiger charge is -2.06. The van der Waals surface area contributed by atoms with E-state index in [0.29, 0.717) is 0 Å². The molecular weight excluding hydrogens is 371 g/mol. The predicted molar refractivity (Wildman–Crippen MR) is 101 cm³/mol. The van der Waals surface area contributed by atoms with Gasteiger partial charge in [0.2, 0.25) is 5.91 Å². The summed E-state index contributed by atoms with van der Waals surface area (Å²) in [5.41, 5.74) is 2.30. The van der Waals surface area contributed by atoms with Crippen LogP contribution in [0.15, 0.2) is 47.4 Å². The molecule has 1 N–H and O–H groups in total. The Morgan fingerprint density at radius 3 is 2.74 bits per heavy atom. The zero-order chi connectivity index (χ0) is 19.3. The summed E-state index contributed by atoms with van der Waals surface area (Å²) >= 11 is 1.47. The van der Waals surface area contributed by atoms with Crippen molar-refractivity contribution in [3.05, 3.63) is 64.7 Å². The number of nitrogens with one attached hydrogen (secondary N) is 1. The zero-order valence-electron chi connectivity index (χ0n) is 14.5. The fourth-order valence-corrected chi connectivity index (χ4v) is 3.69. The molecule has 0 atom stereocenters. The van der Waals surface area contributed by atoms with E-state index in [1.165, 1.54) is 41.4 Å². The van der Waals surface area contributed by atoms with Gasteiger partial charge in [0.05, 0.1) is 17.9 Å². The van der Waals surface area contributed by atoms with E-state index in [2.05, 4.69) is 29.3 Å². The van der Waals surface area contributed by atoms with Crippen molar-refractivity contribution >= 4 is 17.7 Å². The maximum absolute atomic E-state index is 12.7. The molecule has 0 aliphatic heterocycles. The van der Waals surface area contributed by atoms with Gasteiger partial charge in [-0.05, 0) is 60.7 Å². The third-order valence-corrected chi connectivity index (χ3v) is 5.23. The van der Waals surface area contributed by atoms with Gasteiger partial charge in [0.25, 0.3) is 0 Å². The highest BCUT2D eigenvalue weighted by atomic mass is 32.2. The van der Waals surface area contributed by atoms with E-state index in [1.54, 1.807) is 0 Å². The van der Waals surface area contributed by atoms with Crippen molar-refractivity contribution in [1.82, 2.24) is 5.32 Å². The SMILES string of the molecule is O=C(CSc1ccc2c(c1)CCC2)NCC#Cc1cccc(C(F)(F)F)c1. The van der Waals surface area contributed by atoms with Crippen LogP contribution in [0.2, 0.25) is 0 Å². The quantitative estimate of drug-likeness (QED) is 0.618. The third kappa shape index (κ3) is 5.54. The predicted octanol–water partition coefficient (Wildman–Crippen LogP) is 4.45. The summed E-state index contributed by atoms with van der Waals surface area (Å²) in [4.78, 5) is 13.0. The van der Waals surface area contributed by atoms with Crippen molar-refractivity contribution in [1.29, 1.82) is 0 Å². The number of alkyl halides is 3. The first-order chi connectivity index (χ1) is 12.9. The number of halogens is 3. The molecular formula is C21H18F3NOS. The van der Waals surface area contributed by atoms with E-state index in [-0.39, 0.29) is 23.8 Å². The van der Waals surface area contributed by atoms with Crippen LogP contribution in [0.1, 0.15) is 28.7 Å². The highest BCUT2D eigenvalue weighted by Gasteiger charge is 2.30. The number of hydrogen-bond acceptors (Lipinski definition) is 2. The molecule has 1 amide bonds. The Morgan fingerprint density at radius 2 is 1.93 bits per heavy atom. The van der Waals surface area contributed by atoms with E-state index < -0.39 is 11.7 Å². The molecule has 2 aromatic rings. The monoisotopic (exact) mass is 389 g/mol. The van der Waals surface area contributed by atoms with E-state index in [0.717, 1.165) is 29.9 Å². The van der Waals surface area contributed by atoms with E-state index >= 15 is 0 Å². The molecule has 0 saturated heterocycles. The highest BCUT2D eigenvalue weighted by molar-refractivity contribution is 8.00. The molecule has 0 aromatic heterocycles. The van der Waals surface area contributed by atoms with Gasteiger partial charge in [0, 0.05) is 10.5 Å². The second-order valence-electron chi connectivity index (χ2n) is 6.23. The van der Waals surface area contributed by atoms with Gasteiger partial charge < -0.3 is 5.32 Å². The molecule has 0 heterocycles.